The Morgan fingerprint density at radius 1 is 0.350 bits per heavy atom. The molecule has 0 aromatic carbocycles. The van der Waals surface area contributed by atoms with Crippen LogP contribution in [0.4, 0.5) is 0 Å². The molecule has 0 radical (unpaired) electrons. The fraction of sp³-hybridized carbons (Fsp3) is 0.966. The molecule has 137 heavy (non-hydrogen) atoms. The summed E-state index contributed by atoms with van der Waals surface area (Å²) in [5.74, 6) is 11.0. The number of likely N-dealkylation sites (N-methyl/N-ethyl adjacent to an activating group) is 4. The Kier molecular flexibility index (Phi) is 57.5. The van der Waals surface area contributed by atoms with E-state index in [0.29, 0.717) is 121 Å². The molecule has 11 aliphatic rings. The molecule has 18 heteroatoms. The number of amides is 2. The summed E-state index contributed by atoms with van der Waals surface area (Å²) in [7, 11) is 17.0. The predicted octanol–water partition coefficient (Wildman–Crippen LogP) is 25.5. The second kappa shape index (κ2) is 59.5. The molecule has 9 heterocycles. The molecular weight excluding hydrogens is 1700 g/mol. The van der Waals surface area contributed by atoms with Crippen molar-refractivity contribution in [1.29, 1.82) is 5.26 Å². The molecule has 2 saturated carbocycles. The molecule has 20 unspecified atom stereocenters. The summed E-state index contributed by atoms with van der Waals surface area (Å²) < 4.78 is 22.3. The number of β-amino-alcohol motifs (C(OH)–C–C–N with tert-alkyl or cyclic N) is 1. The minimum Gasteiger partial charge on any atom is -0.466 e. The van der Waals surface area contributed by atoms with Crippen LogP contribution in [0, 0.1) is 160 Å². The third kappa shape index (κ3) is 52.6. The van der Waals surface area contributed by atoms with E-state index in [-0.39, 0.29) is 42.7 Å². The number of carbonyl (C=O) groups excluding carboxylic acids is 3. The van der Waals surface area contributed by atoms with E-state index in [4.69, 9.17) is 24.2 Å². The Balaban J connectivity index is 0.000000762. The van der Waals surface area contributed by atoms with Gasteiger partial charge in [-0.3, -0.25) is 14.4 Å². The van der Waals surface area contributed by atoms with Gasteiger partial charge in [0.1, 0.15) is 0 Å². The summed E-state index contributed by atoms with van der Waals surface area (Å²) in [4.78, 5) is 55.9. The van der Waals surface area contributed by atoms with Crippen molar-refractivity contribution in [2.24, 2.45) is 149 Å². The first-order valence-corrected chi connectivity index (χ1v) is 55.4. The number of esters is 1. The highest BCUT2D eigenvalue weighted by atomic mass is 16.5. The van der Waals surface area contributed by atoms with Gasteiger partial charge in [-0.1, -0.05) is 249 Å². The molecule has 1 N–H and O–H groups in total. The highest BCUT2D eigenvalue weighted by molar-refractivity contribution is 5.80. The number of hydrogen-bond donors (Lipinski definition) is 1. The van der Waals surface area contributed by atoms with Crippen molar-refractivity contribution in [3.8, 4) is 6.07 Å². The maximum atomic E-state index is 12.3. The molecule has 812 valence electrons. The maximum Gasteiger partial charge on any atom is 0.310 e. The molecule has 0 spiro atoms. The lowest BCUT2D eigenvalue weighted by Gasteiger charge is -2.44. The van der Waals surface area contributed by atoms with Crippen LogP contribution < -0.4 is 0 Å². The van der Waals surface area contributed by atoms with Gasteiger partial charge in [-0.05, 0) is 311 Å². The summed E-state index contributed by atoms with van der Waals surface area (Å²) in [5, 5.41) is 18.5. The zero-order valence-electron chi connectivity index (χ0n) is 99.1. The number of methoxy groups -OCH3 is 1. The van der Waals surface area contributed by atoms with E-state index >= 15 is 0 Å². The molecule has 0 aromatic heterocycles. The highest BCUT2D eigenvalue weighted by Gasteiger charge is 2.44. The van der Waals surface area contributed by atoms with Gasteiger partial charge in [0.05, 0.1) is 55.0 Å². The zero-order chi connectivity index (χ0) is 105. The van der Waals surface area contributed by atoms with Gasteiger partial charge >= 0.3 is 5.97 Å². The van der Waals surface area contributed by atoms with E-state index in [1.54, 1.807) is 6.92 Å². The maximum absolute atomic E-state index is 12.3. The fourth-order valence-corrected chi connectivity index (χ4v) is 22.6. The van der Waals surface area contributed by atoms with E-state index in [1.165, 1.54) is 110 Å². The van der Waals surface area contributed by atoms with Crippen molar-refractivity contribution in [2.45, 2.75) is 410 Å². The van der Waals surface area contributed by atoms with Crippen molar-refractivity contribution < 1.29 is 38.4 Å². The van der Waals surface area contributed by atoms with Crippen LogP contribution in [-0.4, -0.2) is 285 Å². The lowest BCUT2D eigenvalue weighted by atomic mass is 9.66. The van der Waals surface area contributed by atoms with Gasteiger partial charge < -0.3 is 68.2 Å². The fourth-order valence-electron chi connectivity index (χ4n) is 22.6. The number of nitriles is 1. The van der Waals surface area contributed by atoms with Crippen molar-refractivity contribution in [2.75, 3.05) is 187 Å². The number of likely N-dealkylation sites (tertiary alicyclic amines) is 9. The summed E-state index contributed by atoms with van der Waals surface area (Å²) >= 11 is 0. The summed E-state index contributed by atoms with van der Waals surface area (Å²) in [6.07, 6.45) is 22.8. The van der Waals surface area contributed by atoms with E-state index < -0.39 is 0 Å². The number of aliphatic hydroxyl groups is 1. The van der Waals surface area contributed by atoms with Crippen LogP contribution in [0.3, 0.4) is 0 Å². The Hall–Kier alpha value is -2.54. The lowest BCUT2D eigenvalue weighted by molar-refractivity contribution is -0.151. The van der Waals surface area contributed by atoms with Gasteiger partial charge in [0, 0.05) is 138 Å². The largest absolute Gasteiger partial charge is 0.466 e. The molecule has 20 atom stereocenters. The van der Waals surface area contributed by atoms with Crippen LogP contribution in [0.2, 0.25) is 0 Å². The monoisotopic (exact) mass is 1940 g/mol. The predicted molar refractivity (Wildman–Crippen MR) is 588 cm³/mol. The number of rotatable bonds is 8. The Labute approximate surface area is 853 Å². The van der Waals surface area contributed by atoms with Crippen molar-refractivity contribution >= 4 is 17.8 Å². The van der Waals surface area contributed by atoms with Crippen LogP contribution in [0.25, 0.3) is 0 Å². The second-order valence-electron chi connectivity index (χ2n) is 57.2. The quantitative estimate of drug-likeness (QED) is 0.228. The third-order valence-electron chi connectivity index (χ3n) is 33.0. The Morgan fingerprint density at radius 2 is 0.708 bits per heavy atom. The van der Waals surface area contributed by atoms with E-state index in [1.807, 2.05) is 23.8 Å². The van der Waals surface area contributed by atoms with Gasteiger partial charge in [-0.2, -0.15) is 5.26 Å². The number of aliphatic hydroxyl groups excluding tert-OH is 1. The Morgan fingerprint density at radius 3 is 1.07 bits per heavy atom. The minimum absolute atomic E-state index is 0. The third-order valence-corrected chi connectivity index (χ3v) is 33.0. The SMILES string of the molecule is C.CC(=O)N1CC(C)CC(C(C)(C)C)C1.CC(C)OC1CC(C(C)(C)C)CN(C)C1.CC1CC(C#N)CC(C(C)(C)C)C1.CC1CCCC(C(C)(C)C)C1.CCOC(=O)C1CC(C(C)(C)C)CN(C)C1.CCOC1CC(C(C)(C)C)CN(C)C1.CN1CC(C(=O)N2CCC2)CC(C(C)(C)C)C1.CN1CC(O)CC(C(C)(C)C)C1.CN1CCCC(C(C)(C)C)C1.COC1CC(C(C)(C)C)CN(C)C1. The first-order chi connectivity index (χ1) is 62.0. The lowest BCUT2D eigenvalue weighted by Crippen LogP contribution is -2.52. The van der Waals surface area contributed by atoms with Crippen LogP contribution in [-0.2, 0) is 33.3 Å². The first kappa shape index (κ1) is 132. The number of piperidine rings is 8. The van der Waals surface area contributed by atoms with E-state index in [2.05, 4.69) is 339 Å². The van der Waals surface area contributed by atoms with Gasteiger partial charge in [0.15, 0.2) is 0 Å². The van der Waals surface area contributed by atoms with Crippen molar-refractivity contribution in [1.82, 2.24) is 44.1 Å². The molecule has 0 aromatic rings. The molecular formula is C119H238N10O8. The number of ether oxygens (including phenoxy) is 4. The summed E-state index contributed by atoms with van der Waals surface area (Å²) in [6.45, 7) is 107. The molecule has 11 fully saturated rings. The van der Waals surface area contributed by atoms with Crippen LogP contribution >= 0.6 is 0 Å². The van der Waals surface area contributed by atoms with E-state index in [9.17, 15) is 19.5 Å². The molecule has 18 nitrogen and oxygen atoms in total. The molecule has 11 rings (SSSR count). The number of hydrogen-bond acceptors (Lipinski definition) is 16. The van der Waals surface area contributed by atoms with Gasteiger partial charge in [-0.25, -0.2) is 0 Å². The summed E-state index contributed by atoms with van der Waals surface area (Å²) in [6, 6.07) is 2.44. The molecule has 2 amide bonds. The average Bonchev–Trinajstić information content (AvgIpc) is 1.02. The zero-order valence-corrected chi connectivity index (χ0v) is 99.1. The van der Waals surface area contributed by atoms with Gasteiger partial charge in [0.2, 0.25) is 11.8 Å². The number of nitrogens with zero attached hydrogens (tertiary/aromatic N) is 10. The molecule has 2 aliphatic carbocycles. The standard InChI is InChI=1S/C14H26N2O.C13H25NO2.C13H27NO.C12H23NO.C12H25NO.C12H21N.C11H23NO.C11H22.C10H21NO.C10H21N.CH4/c1-14(2,3)12-8-11(9-15(4)10-12)13(17)16-6-5-7-16;1-6-16-12(15)10-7-11(13(2,3)4)9-14(5)8-10;1-10(2)15-12-7-11(13(3,4)5)8-14(6)9-12;1-9-6-11(12(3,4)5)8-13(7-9)10(2)14;1-6-14-11-7-10(12(2,3)4)8-13(5)9-11;1-9-5-10(8-13)7-11(6-9)12(2,3)4;1-11(2,3)9-6-10(13-5)8-12(4)7-9;1-9-6-5-7-10(8-9)11(2,3)4;1-10(2,3)8-5-9(12)7-11(4)6-8;1-10(2,3)9-6-5-7-11(4)8-9;/h11-12H,5-10H2,1-4H3;10-11H,6-9H2,1-5H3;10-12H,7-9H2,1-6H3;9,11H,6-8H2,1-5H3;10-11H,6-9H2,1-5H3;9-11H,5-7H2,1-4H3;9-10H,6-8H2,1-5H3;9-10H,5-8H2,1-4H3;8-9,12H,5-7H2,1-4H3;9H,5-8H2,1-4H3;1H4. The second-order valence-corrected chi connectivity index (χ2v) is 57.2. The topological polar surface area (TPSA) is 161 Å². The normalized spacial score (nSPS) is 30.9. The van der Waals surface area contributed by atoms with Crippen LogP contribution in [0.5, 0.6) is 0 Å². The molecule has 0 bridgehead atoms. The van der Waals surface area contributed by atoms with Crippen molar-refractivity contribution in [3.05, 3.63) is 0 Å². The smallest absolute Gasteiger partial charge is 0.310 e. The summed E-state index contributed by atoms with van der Waals surface area (Å²) in [5.41, 5.74) is 3.87. The van der Waals surface area contributed by atoms with Crippen molar-refractivity contribution in [3.63, 3.8) is 0 Å². The molecule has 9 saturated heterocycles. The first-order valence-electron chi connectivity index (χ1n) is 55.4. The highest BCUT2D eigenvalue weighted by Crippen LogP contribution is 2.46. The van der Waals surface area contributed by atoms with Crippen LogP contribution in [0.1, 0.15) is 380 Å². The average molecular weight is 1940 g/mol. The molecule has 9 aliphatic heterocycles. The van der Waals surface area contributed by atoms with Crippen LogP contribution in [0.15, 0.2) is 0 Å². The minimum atomic E-state index is -0.118. The number of carbonyl (C=O) groups is 3. The van der Waals surface area contributed by atoms with Gasteiger partial charge in [0.25, 0.3) is 0 Å². The Bertz CT molecular complexity index is 3260. The van der Waals surface area contributed by atoms with E-state index in [0.717, 1.165) is 171 Å². The van der Waals surface area contributed by atoms with Gasteiger partial charge in [-0.15, -0.1) is 0 Å².